The van der Waals surface area contributed by atoms with Crippen LogP contribution in [0.4, 0.5) is 4.79 Å². The molecule has 7 heteroatoms. The predicted molar refractivity (Wildman–Crippen MR) is 90.1 cm³/mol. The van der Waals surface area contributed by atoms with Gasteiger partial charge in [-0.15, -0.1) is 0 Å². The molecule has 0 aromatic heterocycles. The lowest BCUT2D eigenvalue weighted by Crippen LogP contribution is -2.64. The highest BCUT2D eigenvalue weighted by Crippen LogP contribution is 2.38. The molecule has 1 aliphatic carbocycles. The van der Waals surface area contributed by atoms with Crippen molar-refractivity contribution in [1.29, 1.82) is 0 Å². The number of hydrogen-bond acceptors (Lipinski definition) is 5. The third-order valence-corrected chi connectivity index (χ3v) is 4.94. The van der Waals surface area contributed by atoms with Crippen molar-refractivity contribution in [2.75, 3.05) is 13.1 Å². The molecule has 1 unspecified atom stereocenters. The third-order valence-electron chi connectivity index (χ3n) is 4.94. The first-order valence-electron chi connectivity index (χ1n) is 8.45. The van der Waals surface area contributed by atoms with E-state index in [0.29, 0.717) is 18.5 Å². The third kappa shape index (κ3) is 3.01. The lowest BCUT2D eigenvalue weighted by molar-refractivity contribution is -0.149. The number of amides is 4. The highest BCUT2D eigenvalue weighted by Gasteiger charge is 2.52. The van der Waals surface area contributed by atoms with E-state index in [2.05, 4.69) is 10.6 Å². The van der Waals surface area contributed by atoms with Crippen LogP contribution in [0.3, 0.4) is 0 Å². The molecule has 2 aliphatic heterocycles. The van der Waals surface area contributed by atoms with Gasteiger partial charge in [0.25, 0.3) is 5.91 Å². The van der Waals surface area contributed by atoms with Crippen LogP contribution in [0.5, 0.6) is 0 Å². The van der Waals surface area contributed by atoms with E-state index < -0.39 is 29.8 Å². The minimum absolute atomic E-state index is 0.360. The van der Waals surface area contributed by atoms with Crippen molar-refractivity contribution in [1.82, 2.24) is 15.5 Å². The number of hydrogen-bond donors (Lipinski definition) is 2. The van der Waals surface area contributed by atoms with Crippen LogP contribution in [-0.2, 0) is 14.4 Å². The molecule has 3 aliphatic rings. The largest absolute Gasteiger partial charge is 0.387 e. The van der Waals surface area contributed by atoms with Gasteiger partial charge in [0.1, 0.15) is 5.41 Å². The minimum Gasteiger partial charge on any atom is -0.387 e. The molecule has 0 aromatic carbocycles. The summed E-state index contributed by atoms with van der Waals surface area (Å²) in [7, 11) is 0. The van der Waals surface area contributed by atoms with Crippen LogP contribution in [-0.4, -0.2) is 41.6 Å². The molecule has 3 rings (SSSR count). The van der Waals surface area contributed by atoms with Gasteiger partial charge in [0.2, 0.25) is 5.91 Å². The van der Waals surface area contributed by atoms with E-state index in [1.807, 2.05) is 6.08 Å². The maximum Gasteiger partial charge on any atom is 0.331 e. The topological polar surface area (TPSA) is 95.6 Å². The van der Waals surface area contributed by atoms with Gasteiger partial charge in [0.15, 0.2) is 5.78 Å². The van der Waals surface area contributed by atoms with Crippen molar-refractivity contribution in [3.8, 4) is 0 Å². The molecule has 4 amide bonds. The second-order valence-electron chi connectivity index (χ2n) is 6.58. The molecule has 2 heterocycles. The first kappa shape index (κ1) is 17.1. The summed E-state index contributed by atoms with van der Waals surface area (Å²) in [5.74, 6) is -1.60. The maximum absolute atomic E-state index is 13.0. The molecule has 1 fully saturated rings. The Morgan fingerprint density at radius 3 is 2.72 bits per heavy atom. The van der Waals surface area contributed by atoms with E-state index in [4.69, 9.17) is 0 Å². The Morgan fingerprint density at radius 2 is 2.08 bits per heavy atom. The van der Waals surface area contributed by atoms with Crippen molar-refractivity contribution >= 4 is 23.6 Å². The van der Waals surface area contributed by atoms with Gasteiger partial charge in [-0.3, -0.25) is 24.6 Å². The van der Waals surface area contributed by atoms with Crippen molar-refractivity contribution in [3.05, 3.63) is 35.6 Å². The van der Waals surface area contributed by atoms with Crippen LogP contribution in [0.15, 0.2) is 35.6 Å². The fourth-order valence-corrected chi connectivity index (χ4v) is 3.35. The predicted octanol–water partition coefficient (Wildman–Crippen LogP) is 1.18. The van der Waals surface area contributed by atoms with Crippen LogP contribution in [0, 0.1) is 5.41 Å². The maximum atomic E-state index is 13.0. The summed E-state index contributed by atoms with van der Waals surface area (Å²) < 4.78 is 0. The Kier molecular flexibility index (Phi) is 4.57. The number of urea groups is 1. The Bertz CT molecular complexity index is 735. The first-order valence-corrected chi connectivity index (χ1v) is 8.45. The van der Waals surface area contributed by atoms with E-state index in [9.17, 15) is 19.2 Å². The molecule has 0 radical (unpaired) electrons. The number of rotatable bonds is 4. The molecule has 7 nitrogen and oxygen atoms in total. The molecule has 0 aromatic rings. The SMILES string of the molecule is CC1(C2=CCCCC2)C(=O)NC(=O)N(CC(=O)C2=CNCC=C2)C1=O. The Balaban J connectivity index is 1.85. The van der Waals surface area contributed by atoms with Gasteiger partial charge in [-0.1, -0.05) is 18.2 Å². The van der Waals surface area contributed by atoms with Crippen molar-refractivity contribution in [2.24, 2.45) is 5.41 Å². The number of ketones is 1. The van der Waals surface area contributed by atoms with E-state index >= 15 is 0 Å². The van der Waals surface area contributed by atoms with Crippen molar-refractivity contribution in [2.45, 2.75) is 32.6 Å². The lowest BCUT2D eigenvalue weighted by atomic mass is 9.74. The van der Waals surface area contributed by atoms with Gasteiger partial charge in [-0.2, -0.15) is 0 Å². The number of carbonyl (C=O) groups is 4. The number of nitrogens with zero attached hydrogens (tertiary/aromatic N) is 1. The van der Waals surface area contributed by atoms with Crippen LogP contribution in [0.25, 0.3) is 0 Å². The molecule has 0 bridgehead atoms. The number of carbonyl (C=O) groups excluding carboxylic acids is 4. The zero-order valence-electron chi connectivity index (χ0n) is 14.1. The molecular formula is C18H21N3O4. The van der Waals surface area contributed by atoms with E-state index in [1.165, 1.54) is 6.92 Å². The monoisotopic (exact) mass is 343 g/mol. The number of dihydropyridines is 1. The van der Waals surface area contributed by atoms with Crippen LogP contribution < -0.4 is 10.6 Å². The van der Waals surface area contributed by atoms with Crippen molar-refractivity contribution < 1.29 is 19.2 Å². The van der Waals surface area contributed by atoms with Gasteiger partial charge < -0.3 is 5.32 Å². The van der Waals surface area contributed by atoms with Crippen LogP contribution in [0.2, 0.25) is 0 Å². The van der Waals surface area contributed by atoms with Crippen LogP contribution in [0.1, 0.15) is 32.6 Å². The number of imide groups is 2. The molecule has 1 saturated heterocycles. The average molecular weight is 343 g/mol. The highest BCUT2D eigenvalue weighted by molar-refractivity contribution is 6.22. The zero-order chi connectivity index (χ0) is 18.0. The second-order valence-corrected chi connectivity index (χ2v) is 6.58. The minimum atomic E-state index is -1.43. The molecule has 1 atom stereocenters. The van der Waals surface area contributed by atoms with Crippen molar-refractivity contribution in [3.63, 3.8) is 0 Å². The van der Waals surface area contributed by atoms with Gasteiger partial charge in [0.05, 0.1) is 6.54 Å². The summed E-state index contributed by atoms with van der Waals surface area (Å²) in [5.41, 5.74) is -0.309. The summed E-state index contributed by atoms with van der Waals surface area (Å²) in [5, 5.41) is 5.15. The quantitative estimate of drug-likeness (QED) is 0.590. The Morgan fingerprint density at radius 1 is 1.28 bits per heavy atom. The van der Waals surface area contributed by atoms with Gasteiger partial charge in [0, 0.05) is 18.3 Å². The summed E-state index contributed by atoms with van der Waals surface area (Å²) in [4.78, 5) is 50.8. The van der Waals surface area contributed by atoms with E-state index in [1.54, 1.807) is 18.4 Å². The zero-order valence-corrected chi connectivity index (χ0v) is 14.1. The summed E-state index contributed by atoms with van der Waals surface area (Å²) in [6.45, 7) is 1.77. The fourth-order valence-electron chi connectivity index (χ4n) is 3.35. The molecule has 132 valence electrons. The Hall–Kier alpha value is -2.70. The molecule has 2 N–H and O–H groups in total. The average Bonchev–Trinajstić information content (AvgIpc) is 2.64. The first-order chi connectivity index (χ1) is 11.9. The Labute approximate surface area is 145 Å². The van der Waals surface area contributed by atoms with E-state index in [0.717, 1.165) is 29.7 Å². The lowest BCUT2D eigenvalue weighted by Gasteiger charge is -2.39. The molecular weight excluding hydrogens is 322 g/mol. The number of Topliss-reactive ketones (excluding diaryl/α,β-unsaturated/α-hetero) is 1. The number of allylic oxidation sites excluding steroid dienone is 2. The standard InChI is InChI=1S/C18H21N3O4/c1-18(13-7-3-2-4-8-13)15(23)20-17(25)21(16(18)24)11-14(22)12-6-5-9-19-10-12/h5-7,10,19H,2-4,8-9,11H2,1H3,(H,20,23,25). The highest BCUT2D eigenvalue weighted by atomic mass is 16.2. The fraction of sp³-hybridized carbons (Fsp3) is 0.444. The normalized spacial score (nSPS) is 26.6. The smallest absolute Gasteiger partial charge is 0.331 e. The van der Waals surface area contributed by atoms with Gasteiger partial charge in [-0.25, -0.2) is 4.79 Å². The molecule has 25 heavy (non-hydrogen) atoms. The van der Waals surface area contributed by atoms with E-state index in [-0.39, 0.29) is 5.78 Å². The van der Waals surface area contributed by atoms with Crippen LogP contribution >= 0.6 is 0 Å². The number of barbiturate groups is 1. The molecule has 0 saturated carbocycles. The summed E-state index contributed by atoms with van der Waals surface area (Å²) in [6, 6.07) is -0.842. The summed E-state index contributed by atoms with van der Waals surface area (Å²) >= 11 is 0. The van der Waals surface area contributed by atoms with Gasteiger partial charge >= 0.3 is 6.03 Å². The second kappa shape index (κ2) is 6.66. The van der Waals surface area contributed by atoms with Gasteiger partial charge in [-0.05, 0) is 38.2 Å². The number of nitrogens with one attached hydrogen (secondary N) is 2. The summed E-state index contributed by atoms with van der Waals surface area (Å²) in [6.07, 6.45) is 10.3. The molecule has 0 spiro atoms.